The number of carbonyl (C=O) groups is 1. The molecule has 0 saturated heterocycles. The Kier molecular flexibility index (Phi) is 2.85. The Morgan fingerprint density at radius 3 is 2.75 bits per heavy atom. The quantitative estimate of drug-likeness (QED) is 0.554. The lowest BCUT2D eigenvalue weighted by atomic mass is 9.70. The minimum atomic E-state index is 0.177. The largest absolute Gasteiger partial charge is 0.299 e. The Labute approximate surface area is 107 Å². The summed E-state index contributed by atoms with van der Waals surface area (Å²) in [7, 11) is 0. The molecular weight excluding hydrogens is 264 g/mol. The molecule has 0 heterocycles. The van der Waals surface area contributed by atoms with E-state index in [9.17, 15) is 4.79 Å². The fourth-order valence-electron chi connectivity index (χ4n) is 4.08. The molecule has 16 heavy (non-hydrogen) atoms. The minimum absolute atomic E-state index is 0.177. The maximum Gasteiger partial charge on any atom is 0.136 e. The van der Waals surface area contributed by atoms with E-state index in [2.05, 4.69) is 43.3 Å². The first-order valence-electron chi connectivity index (χ1n) is 6.13. The molecule has 90 valence electrons. The Balaban J connectivity index is 2.42. The molecular formula is C14H21BrO. The van der Waals surface area contributed by atoms with Gasteiger partial charge in [0.1, 0.15) is 5.78 Å². The van der Waals surface area contributed by atoms with E-state index >= 15 is 0 Å². The van der Waals surface area contributed by atoms with Gasteiger partial charge < -0.3 is 0 Å². The second-order valence-electron chi connectivity index (χ2n) is 6.29. The van der Waals surface area contributed by atoms with Gasteiger partial charge in [0.15, 0.2) is 0 Å². The highest BCUT2D eigenvalue weighted by molar-refractivity contribution is 9.09. The molecule has 2 heteroatoms. The van der Waals surface area contributed by atoms with Crippen LogP contribution in [0.4, 0.5) is 0 Å². The van der Waals surface area contributed by atoms with E-state index in [1.54, 1.807) is 0 Å². The highest BCUT2D eigenvalue weighted by Gasteiger charge is 2.62. The number of ketones is 1. The molecule has 2 rings (SSSR count). The molecule has 0 bridgehead atoms. The zero-order chi connectivity index (χ0) is 12.1. The van der Waals surface area contributed by atoms with Gasteiger partial charge in [0, 0.05) is 17.2 Å². The standard InChI is InChI=1S/C14H21BrO/c1-5-6-14-8-13(3,4)12(15)10(14)7-11(16)9(14)2/h5,9-10,12H,1,6-8H2,2-4H3/t9-,10+,12+,14+/m1/s1. The molecule has 2 aliphatic carbocycles. The van der Waals surface area contributed by atoms with E-state index in [1.165, 1.54) is 0 Å². The molecule has 2 aliphatic rings. The molecule has 0 aromatic carbocycles. The molecule has 0 aliphatic heterocycles. The van der Waals surface area contributed by atoms with Crippen molar-refractivity contribution >= 4 is 21.7 Å². The van der Waals surface area contributed by atoms with Gasteiger partial charge in [-0.1, -0.05) is 42.8 Å². The maximum atomic E-state index is 12.0. The molecule has 0 unspecified atom stereocenters. The van der Waals surface area contributed by atoms with Crippen molar-refractivity contribution in [3.05, 3.63) is 12.7 Å². The molecule has 0 N–H and O–H groups in total. The maximum absolute atomic E-state index is 12.0. The van der Waals surface area contributed by atoms with E-state index in [0.717, 1.165) is 19.3 Å². The van der Waals surface area contributed by atoms with E-state index in [4.69, 9.17) is 0 Å². The summed E-state index contributed by atoms with van der Waals surface area (Å²) in [5.41, 5.74) is 0.471. The summed E-state index contributed by atoms with van der Waals surface area (Å²) in [4.78, 5) is 12.4. The average molecular weight is 285 g/mol. The summed E-state index contributed by atoms with van der Waals surface area (Å²) in [6, 6.07) is 0. The highest BCUT2D eigenvalue weighted by atomic mass is 79.9. The molecule has 2 fully saturated rings. The first-order chi connectivity index (χ1) is 7.35. The van der Waals surface area contributed by atoms with Crippen molar-refractivity contribution < 1.29 is 4.79 Å². The van der Waals surface area contributed by atoms with Crippen LogP contribution >= 0.6 is 15.9 Å². The van der Waals surface area contributed by atoms with Crippen LogP contribution in [0.2, 0.25) is 0 Å². The lowest BCUT2D eigenvalue weighted by Crippen LogP contribution is -2.29. The third kappa shape index (κ3) is 1.45. The number of fused-ring (bicyclic) bond motifs is 1. The summed E-state index contributed by atoms with van der Waals surface area (Å²) in [5.74, 6) is 1.16. The number of allylic oxidation sites excluding steroid dienone is 1. The van der Waals surface area contributed by atoms with Crippen molar-refractivity contribution in [2.45, 2.75) is 44.9 Å². The lowest BCUT2D eigenvalue weighted by molar-refractivity contribution is -0.122. The van der Waals surface area contributed by atoms with Gasteiger partial charge in [0.05, 0.1) is 0 Å². The van der Waals surface area contributed by atoms with Gasteiger partial charge >= 0.3 is 0 Å². The smallest absolute Gasteiger partial charge is 0.136 e. The van der Waals surface area contributed by atoms with Crippen molar-refractivity contribution in [3.63, 3.8) is 0 Å². The van der Waals surface area contributed by atoms with E-state index < -0.39 is 0 Å². The summed E-state index contributed by atoms with van der Waals surface area (Å²) in [5, 5.41) is 0. The minimum Gasteiger partial charge on any atom is -0.299 e. The van der Waals surface area contributed by atoms with E-state index in [1.807, 2.05) is 6.08 Å². The van der Waals surface area contributed by atoms with E-state index in [0.29, 0.717) is 21.9 Å². The molecule has 0 radical (unpaired) electrons. The highest BCUT2D eigenvalue weighted by Crippen LogP contribution is 2.65. The number of halogens is 1. The molecule has 0 aromatic heterocycles. The van der Waals surface area contributed by atoms with Crippen LogP contribution in [0.25, 0.3) is 0 Å². The second-order valence-corrected chi connectivity index (χ2v) is 7.28. The van der Waals surface area contributed by atoms with Gasteiger partial charge in [0.25, 0.3) is 0 Å². The summed E-state index contributed by atoms with van der Waals surface area (Å²) >= 11 is 3.84. The van der Waals surface area contributed by atoms with Crippen molar-refractivity contribution in [3.8, 4) is 0 Å². The molecule has 1 nitrogen and oxygen atoms in total. The number of hydrogen-bond acceptors (Lipinski definition) is 1. The molecule has 4 atom stereocenters. The van der Waals surface area contributed by atoms with Crippen molar-refractivity contribution in [1.82, 2.24) is 0 Å². The van der Waals surface area contributed by atoms with E-state index in [-0.39, 0.29) is 11.3 Å². The van der Waals surface area contributed by atoms with Crippen molar-refractivity contribution in [2.24, 2.45) is 22.7 Å². The Morgan fingerprint density at radius 2 is 2.19 bits per heavy atom. The van der Waals surface area contributed by atoms with Crippen LogP contribution in [-0.2, 0) is 4.79 Å². The molecule has 2 saturated carbocycles. The molecule has 0 amide bonds. The van der Waals surface area contributed by atoms with Crippen LogP contribution in [0, 0.1) is 22.7 Å². The van der Waals surface area contributed by atoms with Gasteiger partial charge in [-0.05, 0) is 29.6 Å². The Bertz CT molecular complexity index is 334. The SMILES string of the molecule is C=CC[C@@]12CC(C)(C)[C@@H](Br)[C@@H]1CC(=O)[C@H]2C. The monoisotopic (exact) mass is 284 g/mol. The van der Waals surface area contributed by atoms with Gasteiger partial charge in [-0.2, -0.15) is 0 Å². The van der Waals surface area contributed by atoms with Crippen molar-refractivity contribution in [2.75, 3.05) is 0 Å². The fraction of sp³-hybridized carbons (Fsp3) is 0.786. The number of carbonyl (C=O) groups excluding carboxylic acids is 1. The van der Waals surface area contributed by atoms with Crippen LogP contribution in [0.3, 0.4) is 0 Å². The van der Waals surface area contributed by atoms with Gasteiger partial charge in [-0.25, -0.2) is 0 Å². The number of Topliss-reactive ketones (excluding diaryl/α,β-unsaturated/α-hetero) is 1. The Morgan fingerprint density at radius 1 is 1.56 bits per heavy atom. The summed E-state index contributed by atoms with van der Waals surface area (Å²) in [6.45, 7) is 10.6. The number of alkyl halides is 1. The summed E-state index contributed by atoms with van der Waals surface area (Å²) in [6.07, 6.45) is 4.88. The number of rotatable bonds is 2. The average Bonchev–Trinajstić information content (AvgIpc) is 2.52. The van der Waals surface area contributed by atoms with Gasteiger partial charge in [-0.3, -0.25) is 4.79 Å². The predicted molar refractivity (Wildman–Crippen MR) is 70.6 cm³/mol. The van der Waals surface area contributed by atoms with Crippen LogP contribution in [0.15, 0.2) is 12.7 Å². The first-order valence-corrected chi connectivity index (χ1v) is 7.04. The van der Waals surface area contributed by atoms with Gasteiger partial charge in [-0.15, -0.1) is 6.58 Å². The zero-order valence-electron chi connectivity index (χ0n) is 10.4. The predicted octanol–water partition coefficient (Wildman–Crippen LogP) is 3.97. The van der Waals surface area contributed by atoms with Crippen LogP contribution in [-0.4, -0.2) is 10.6 Å². The second kappa shape index (κ2) is 3.69. The zero-order valence-corrected chi connectivity index (χ0v) is 12.0. The lowest BCUT2D eigenvalue weighted by Gasteiger charge is -2.33. The third-order valence-electron chi connectivity index (χ3n) is 4.91. The topological polar surface area (TPSA) is 17.1 Å². The third-order valence-corrected chi connectivity index (χ3v) is 6.79. The van der Waals surface area contributed by atoms with Gasteiger partial charge in [0.2, 0.25) is 0 Å². The summed E-state index contributed by atoms with van der Waals surface area (Å²) < 4.78 is 0. The van der Waals surface area contributed by atoms with Crippen LogP contribution in [0.1, 0.15) is 40.0 Å². The normalized spacial score (nSPS) is 45.8. The molecule has 0 aromatic rings. The van der Waals surface area contributed by atoms with Crippen LogP contribution in [0.5, 0.6) is 0 Å². The molecule has 0 spiro atoms. The first kappa shape index (κ1) is 12.3. The van der Waals surface area contributed by atoms with Crippen LogP contribution < -0.4 is 0 Å². The number of hydrogen-bond donors (Lipinski definition) is 0. The fourth-order valence-corrected chi connectivity index (χ4v) is 4.95. The van der Waals surface area contributed by atoms with Crippen molar-refractivity contribution in [1.29, 1.82) is 0 Å². The Hall–Kier alpha value is -0.110.